The number of hydrogen-bond donors (Lipinski definition) is 0. The Kier molecular flexibility index (Phi) is 6.18. The third-order valence-corrected chi connectivity index (χ3v) is 5.72. The van der Waals surface area contributed by atoms with Crippen molar-refractivity contribution in [3.8, 4) is 5.75 Å². The molecule has 2 amide bonds. The molecular weight excluding hydrogens is 394 g/mol. The van der Waals surface area contributed by atoms with Gasteiger partial charge in [0.15, 0.2) is 0 Å². The minimum atomic E-state index is -0.403. The van der Waals surface area contributed by atoms with Crippen LogP contribution in [0.5, 0.6) is 5.75 Å². The largest absolute Gasteiger partial charge is 0.494 e. The molecule has 0 saturated carbocycles. The molecule has 4 rings (SSSR count). The van der Waals surface area contributed by atoms with E-state index in [0.717, 1.165) is 42.6 Å². The number of amides is 2. The van der Waals surface area contributed by atoms with Crippen LogP contribution >= 0.6 is 0 Å². The van der Waals surface area contributed by atoms with E-state index in [0.29, 0.717) is 25.4 Å². The molecule has 2 fully saturated rings. The van der Waals surface area contributed by atoms with Gasteiger partial charge >= 0.3 is 0 Å². The van der Waals surface area contributed by atoms with Crippen LogP contribution in [0.2, 0.25) is 0 Å². The second-order valence-corrected chi connectivity index (χ2v) is 8.07. The number of imide groups is 1. The monoisotopic (exact) mass is 423 g/mol. The van der Waals surface area contributed by atoms with Crippen molar-refractivity contribution in [1.29, 1.82) is 0 Å². The summed E-state index contributed by atoms with van der Waals surface area (Å²) in [5.74, 6) is 2.13. The number of carbonyl (C=O) groups is 2. The van der Waals surface area contributed by atoms with E-state index >= 15 is 0 Å². The Labute approximate surface area is 182 Å². The zero-order valence-corrected chi connectivity index (χ0v) is 18.4. The Morgan fingerprint density at radius 1 is 1.03 bits per heavy atom. The molecule has 0 bridgehead atoms. The van der Waals surface area contributed by atoms with Crippen LogP contribution in [0.15, 0.2) is 30.3 Å². The first-order valence-electron chi connectivity index (χ1n) is 10.9. The molecule has 2 aliphatic heterocycles. The topological polar surface area (TPSA) is 78.9 Å². The summed E-state index contributed by atoms with van der Waals surface area (Å²) in [5, 5.41) is 0. The van der Waals surface area contributed by atoms with Crippen LogP contribution in [-0.2, 0) is 9.59 Å². The molecular formula is C23H29N5O3. The summed E-state index contributed by atoms with van der Waals surface area (Å²) in [6.07, 6.45) is 1.15. The zero-order valence-electron chi connectivity index (χ0n) is 18.4. The smallest absolute Gasteiger partial charge is 0.251 e. The van der Waals surface area contributed by atoms with E-state index in [4.69, 9.17) is 4.74 Å². The molecule has 1 atom stereocenters. The van der Waals surface area contributed by atoms with Gasteiger partial charge in [-0.3, -0.25) is 14.5 Å². The average Bonchev–Trinajstić information content (AvgIpc) is 3.06. The normalized spacial score (nSPS) is 19.9. The van der Waals surface area contributed by atoms with Gasteiger partial charge in [-0.05, 0) is 44.5 Å². The highest BCUT2D eigenvalue weighted by atomic mass is 16.5. The van der Waals surface area contributed by atoms with Crippen molar-refractivity contribution in [3.05, 3.63) is 41.9 Å². The molecule has 2 aromatic rings. The Morgan fingerprint density at radius 3 is 2.39 bits per heavy atom. The average molecular weight is 424 g/mol. The maximum absolute atomic E-state index is 13.1. The number of aryl methyl sites for hydroxylation is 2. The zero-order chi connectivity index (χ0) is 22.0. The van der Waals surface area contributed by atoms with Gasteiger partial charge in [0, 0.05) is 37.9 Å². The van der Waals surface area contributed by atoms with E-state index < -0.39 is 6.04 Å². The first kappa shape index (κ1) is 21.2. The molecule has 1 aromatic heterocycles. The van der Waals surface area contributed by atoms with Crippen LogP contribution in [0.4, 0.5) is 11.5 Å². The Balaban J connectivity index is 1.40. The fourth-order valence-corrected chi connectivity index (χ4v) is 4.21. The molecule has 0 spiro atoms. The molecule has 0 radical (unpaired) electrons. The number of ether oxygens (including phenoxy) is 1. The van der Waals surface area contributed by atoms with Crippen LogP contribution in [-0.4, -0.2) is 65.5 Å². The maximum Gasteiger partial charge on any atom is 0.251 e. The maximum atomic E-state index is 13.1. The third kappa shape index (κ3) is 4.54. The number of anilines is 2. The number of benzene rings is 1. The highest BCUT2D eigenvalue weighted by Crippen LogP contribution is 2.28. The van der Waals surface area contributed by atoms with Crippen LogP contribution in [0, 0.1) is 13.8 Å². The number of piperazine rings is 1. The third-order valence-electron chi connectivity index (χ3n) is 5.72. The van der Waals surface area contributed by atoms with E-state index in [1.54, 1.807) is 12.1 Å². The van der Waals surface area contributed by atoms with Crippen LogP contribution < -0.4 is 14.5 Å². The molecule has 0 aliphatic carbocycles. The summed E-state index contributed by atoms with van der Waals surface area (Å²) in [5.41, 5.74) is 1.55. The molecule has 1 aromatic carbocycles. The van der Waals surface area contributed by atoms with E-state index in [2.05, 4.69) is 19.8 Å². The van der Waals surface area contributed by atoms with Gasteiger partial charge in [0.1, 0.15) is 17.4 Å². The van der Waals surface area contributed by atoms with Crippen LogP contribution in [0.25, 0.3) is 0 Å². The van der Waals surface area contributed by atoms with Crippen LogP contribution in [0.3, 0.4) is 0 Å². The second kappa shape index (κ2) is 9.01. The molecule has 164 valence electrons. The molecule has 2 saturated heterocycles. The lowest BCUT2D eigenvalue weighted by Gasteiger charge is -2.37. The number of carbonyl (C=O) groups excluding carboxylic acids is 2. The van der Waals surface area contributed by atoms with Gasteiger partial charge in [0.2, 0.25) is 5.91 Å². The van der Waals surface area contributed by atoms with E-state index in [9.17, 15) is 9.59 Å². The summed E-state index contributed by atoms with van der Waals surface area (Å²) in [4.78, 5) is 40.3. The van der Waals surface area contributed by atoms with E-state index in [-0.39, 0.29) is 18.2 Å². The summed E-state index contributed by atoms with van der Waals surface area (Å²) in [6.45, 7) is 9.50. The summed E-state index contributed by atoms with van der Waals surface area (Å²) in [6, 6.07) is 8.76. The lowest BCUT2D eigenvalue weighted by atomic mass is 10.1. The SMILES string of the molecule is CCCOc1ccc(N2C(=O)C[C@@H](N3CCN(c4cc(C)nc(C)n4)CC3)C2=O)cc1. The van der Waals surface area contributed by atoms with Gasteiger partial charge in [-0.1, -0.05) is 6.92 Å². The number of nitrogens with zero attached hydrogens (tertiary/aromatic N) is 5. The second-order valence-electron chi connectivity index (χ2n) is 8.07. The lowest BCUT2D eigenvalue weighted by molar-refractivity contribution is -0.123. The summed E-state index contributed by atoms with van der Waals surface area (Å²) >= 11 is 0. The first-order valence-corrected chi connectivity index (χ1v) is 10.9. The standard InChI is InChI=1S/C23H29N5O3/c1-4-13-31-19-7-5-18(6-8-19)28-22(29)15-20(23(28)30)26-9-11-27(12-10-26)21-14-16(2)24-17(3)25-21/h5-8,14,20H,4,9-13,15H2,1-3H3/t20-/m1/s1. The summed E-state index contributed by atoms with van der Waals surface area (Å²) in [7, 11) is 0. The van der Waals surface area contributed by atoms with Crippen molar-refractivity contribution in [2.45, 2.75) is 39.7 Å². The van der Waals surface area contributed by atoms with Crippen molar-refractivity contribution >= 4 is 23.3 Å². The fourth-order valence-electron chi connectivity index (χ4n) is 4.21. The minimum absolute atomic E-state index is 0.144. The highest BCUT2D eigenvalue weighted by Gasteiger charge is 2.43. The Hall–Kier alpha value is -3.00. The van der Waals surface area contributed by atoms with Crippen LogP contribution in [0.1, 0.15) is 31.3 Å². The van der Waals surface area contributed by atoms with Gasteiger partial charge < -0.3 is 9.64 Å². The molecule has 0 N–H and O–H groups in total. The number of aromatic nitrogens is 2. The van der Waals surface area contributed by atoms with E-state index in [1.165, 1.54) is 4.90 Å². The van der Waals surface area contributed by atoms with Crippen molar-refractivity contribution in [1.82, 2.24) is 14.9 Å². The van der Waals surface area contributed by atoms with Gasteiger partial charge in [-0.15, -0.1) is 0 Å². The quantitative estimate of drug-likeness (QED) is 0.660. The highest BCUT2D eigenvalue weighted by molar-refractivity contribution is 6.22. The van der Waals surface area contributed by atoms with Gasteiger partial charge in [-0.2, -0.15) is 0 Å². The van der Waals surface area contributed by atoms with Crippen molar-refractivity contribution in [3.63, 3.8) is 0 Å². The predicted octanol–water partition coefficient (Wildman–Crippen LogP) is 2.34. The van der Waals surface area contributed by atoms with E-state index in [1.807, 2.05) is 39.0 Å². The first-order chi connectivity index (χ1) is 15.0. The van der Waals surface area contributed by atoms with Gasteiger partial charge in [-0.25, -0.2) is 14.9 Å². The molecule has 0 unspecified atom stereocenters. The fraction of sp³-hybridized carbons (Fsp3) is 0.478. The Morgan fingerprint density at radius 2 is 1.74 bits per heavy atom. The molecule has 31 heavy (non-hydrogen) atoms. The predicted molar refractivity (Wildman–Crippen MR) is 118 cm³/mol. The lowest BCUT2D eigenvalue weighted by Crippen LogP contribution is -2.52. The minimum Gasteiger partial charge on any atom is -0.494 e. The Bertz CT molecular complexity index is 934. The van der Waals surface area contributed by atoms with Crippen molar-refractivity contribution < 1.29 is 14.3 Å². The summed E-state index contributed by atoms with van der Waals surface area (Å²) < 4.78 is 5.59. The van der Waals surface area contributed by atoms with Crippen molar-refractivity contribution in [2.75, 3.05) is 42.6 Å². The molecule has 8 heteroatoms. The van der Waals surface area contributed by atoms with Gasteiger partial charge in [0.05, 0.1) is 24.8 Å². The number of hydrogen-bond acceptors (Lipinski definition) is 7. The van der Waals surface area contributed by atoms with Gasteiger partial charge in [0.25, 0.3) is 5.91 Å². The molecule has 3 heterocycles. The number of rotatable bonds is 6. The van der Waals surface area contributed by atoms with Crippen molar-refractivity contribution in [2.24, 2.45) is 0 Å². The molecule has 8 nitrogen and oxygen atoms in total. The molecule has 2 aliphatic rings.